The van der Waals surface area contributed by atoms with Crippen LogP contribution in [0.1, 0.15) is 5.56 Å². The molecule has 0 aliphatic rings. The molecule has 9 nitrogen and oxygen atoms in total. The van der Waals surface area contributed by atoms with Gasteiger partial charge in [-0.15, -0.1) is 0 Å². The normalized spacial score (nSPS) is 10.3. The number of phenolic OH excluding ortho intramolecular Hbond substituents is 1. The van der Waals surface area contributed by atoms with Crippen LogP contribution in [0.15, 0.2) is 17.2 Å². The van der Waals surface area contributed by atoms with E-state index in [1.165, 1.54) is 19.4 Å². The van der Waals surface area contributed by atoms with Gasteiger partial charge in [-0.3, -0.25) is 15.5 Å². The number of benzene rings is 1. The third-order valence-electron chi connectivity index (χ3n) is 1.89. The van der Waals surface area contributed by atoms with Crippen LogP contribution < -0.4 is 15.9 Å². The summed E-state index contributed by atoms with van der Waals surface area (Å²) in [6.07, 6.45) is 1.20. The molecule has 1 rings (SSSR count). The Labute approximate surface area is 102 Å². The minimum absolute atomic E-state index is 0.0477. The maximum absolute atomic E-state index is 10.7. The maximum atomic E-state index is 10.7. The quantitative estimate of drug-likeness (QED) is 0.259. The first kappa shape index (κ1) is 13.2. The molecule has 5 N–H and O–H groups in total. The molecule has 0 aliphatic heterocycles. The molecule has 0 unspecified atom stereocenters. The molecular weight excluding hydrogens is 242 g/mol. The average molecular weight is 253 g/mol. The lowest BCUT2D eigenvalue weighted by Gasteiger charge is -2.04. The van der Waals surface area contributed by atoms with Gasteiger partial charge < -0.3 is 15.6 Å². The lowest BCUT2D eigenvalue weighted by atomic mass is 10.2. The van der Waals surface area contributed by atoms with Gasteiger partial charge in [0, 0.05) is 11.6 Å². The Morgan fingerprint density at radius 1 is 1.72 bits per heavy atom. The summed E-state index contributed by atoms with van der Waals surface area (Å²) in [7, 11) is 1.27. The van der Waals surface area contributed by atoms with Crippen LogP contribution in [0.2, 0.25) is 0 Å². The van der Waals surface area contributed by atoms with Crippen molar-refractivity contribution in [2.75, 3.05) is 7.11 Å². The van der Waals surface area contributed by atoms with E-state index < -0.39 is 16.4 Å². The van der Waals surface area contributed by atoms with Crippen molar-refractivity contribution in [1.29, 1.82) is 5.41 Å². The van der Waals surface area contributed by atoms with E-state index in [0.29, 0.717) is 5.56 Å². The van der Waals surface area contributed by atoms with Crippen LogP contribution in [-0.4, -0.2) is 29.3 Å². The summed E-state index contributed by atoms with van der Waals surface area (Å²) in [5.41, 5.74) is 6.96. The number of ether oxygens (including phenoxy) is 1. The van der Waals surface area contributed by atoms with Gasteiger partial charge in [-0.05, 0) is 6.07 Å². The summed E-state index contributed by atoms with van der Waals surface area (Å²) in [6.45, 7) is 0. The van der Waals surface area contributed by atoms with Crippen molar-refractivity contribution in [2.24, 2.45) is 10.8 Å². The first-order valence-corrected chi connectivity index (χ1v) is 4.64. The van der Waals surface area contributed by atoms with Crippen LogP contribution in [0.25, 0.3) is 0 Å². The Morgan fingerprint density at radius 2 is 2.39 bits per heavy atom. The van der Waals surface area contributed by atoms with Gasteiger partial charge in [-0.25, -0.2) is 5.43 Å². The van der Waals surface area contributed by atoms with Crippen LogP contribution in [0.3, 0.4) is 0 Å². The number of hydrazone groups is 1. The monoisotopic (exact) mass is 253 g/mol. The second-order valence-corrected chi connectivity index (χ2v) is 3.13. The standard InChI is InChI=1S/C9H11N5O4/c1-18-7-3-5(4-12-13-9(10)11)2-6(8(7)15)14(16)17/h2-4,15H,1H3,(H4,10,11,13). The highest BCUT2D eigenvalue weighted by Crippen LogP contribution is 2.36. The summed E-state index contributed by atoms with van der Waals surface area (Å²) in [4.78, 5) is 9.96. The number of methoxy groups -OCH3 is 1. The molecule has 0 aliphatic carbocycles. The van der Waals surface area contributed by atoms with E-state index in [9.17, 15) is 15.2 Å². The van der Waals surface area contributed by atoms with E-state index >= 15 is 0 Å². The minimum atomic E-state index is -0.742. The molecule has 0 atom stereocenters. The zero-order valence-corrected chi connectivity index (χ0v) is 9.38. The van der Waals surface area contributed by atoms with Gasteiger partial charge in [0.2, 0.25) is 11.7 Å². The Morgan fingerprint density at radius 3 is 2.89 bits per heavy atom. The minimum Gasteiger partial charge on any atom is -0.500 e. The van der Waals surface area contributed by atoms with Crippen molar-refractivity contribution in [3.8, 4) is 11.5 Å². The predicted octanol–water partition coefficient (Wildman–Crippen LogP) is 0.126. The zero-order chi connectivity index (χ0) is 13.7. The fourth-order valence-electron chi connectivity index (χ4n) is 1.16. The summed E-state index contributed by atoms with van der Waals surface area (Å²) < 4.78 is 4.80. The molecule has 96 valence electrons. The SMILES string of the molecule is COc1cc(C=NNC(=N)N)cc([N+](=O)[O-])c1O. The summed E-state index contributed by atoms with van der Waals surface area (Å²) in [5, 5.41) is 30.6. The number of nitro groups is 1. The van der Waals surface area contributed by atoms with Crippen LogP contribution in [0.5, 0.6) is 11.5 Å². The second-order valence-electron chi connectivity index (χ2n) is 3.13. The molecule has 0 saturated carbocycles. The Bertz CT molecular complexity index is 514. The third kappa shape index (κ3) is 3.07. The van der Waals surface area contributed by atoms with Gasteiger partial charge in [-0.2, -0.15) is 5.10 Å². The van der Waals surface area contributed by atoms with Gasteiger partial charge in [-0.1, -0.05) is 0 Å². The Kier molecular flexibility index (Phi) is 4.02. The molecule has 0 bridgehead atoms. The average Bonchev–Trinajstić information content (AvgIpc) is 2.30. The largest absolute Gasteiger partial charge is 0.500 e. The van der Waals surface area contributed by atoms with Gasteiger partial charge in [0.25, 0.3) is 0 Å². The number of nitro benzene ring substituents is 1. The Hall–Kier alpha value is -2.84. The topological polar surface area (TPSA) is 147 Å². The van der Waals surface area contributed by atoms with E-state index in [0.717, 1.165) is 6.07 Å². The van der Waals surface area contributed by atoms with E-state index in [4.69, 9.17) is 15.9 Å². The summed E-state index contributed by atoms with van der Waals surface area (Å²) in [5.74, 6) is -0.973. The fraction of sp³-hybridized carbons (Fsp3) is 0.111. The number of nitrogens with zero attached hydrogens (tertiary/aromatic N) is 2. The highest BCUT2D eigenvalue weighted by molar-refractivity contribution is 5.84. The first-order valence-electron chi connectivity index (χ1n) is 4.64. The van der Waals surface area contributed by atoms with Crippen LogP contribution in [0, 0.1) is 15.5 Å². The molecule has 0 aromatic heterocycles. The van der Waals surface area contributed by atoms with Crippen molar-refractivity contribution < 1.29 is 14.8 Å². The van der Waals surface area contributed by atoms with E-state index in [1.54, 1.807) is 0 Å². The van der Waals surface area contributed by atoms with Crippen LogP contribution in [-0.2, 0) is 0 Å². The van der Waals surface area contributed by atoms with Crippen molar-refractivity contribution in [3.05, 3.63) is 27.8 Å². The van der Waals surface area contributed by atoms with Gasteiger partial charge >= 0.3 is 5.69 Å². The molecule has 1 aromatic carbocycles. The number of nitrogens with one attached hydrogen (secondary N) is 2. The highest BCUT2D eigenvalue weighted by Gasteiger charge is 2.19. The number of hydrogen-bond acceptors (Lipinski definition) is 6. The number of aromatic hydroxyl groups is 1. The smallest absolute Gasteiger partial charge is 0.315 e. The van der Waals surface area contributed by atoms with E-state index in [1.807, 2.05) is 0 Å². The highest BCUT2D eigenvalue weighted by atomic mass is 16.6. The molecule has 18 heavy (non-hydrogen) atoms. The Balaban J connectivity index is 3.13. The lowest BCUT2D eigenvalue weighted by Crippen LogP contribution is -2.25. The molecule has 0 heterocycles. The first-order chi connectivity index (χ1) is 8.45. The fourth-order valence-corrected chi connectivity index (χ4v) is 1.16. The van der Waals surface area contributed by atoms with Crippen molar-refractivity contribution >= 4 is 17.9 Å². The number of nitrogens with two attached hydrogens (primary N) is 1. The van der Waals surface area contributed by atoms with Crippen LogP contribution in [0.4, 0.5) is 5.69 Å². The number of rotatable bonds is 4. The van der Waals surface area contributed by atoms with Crippen LogP contribution >= 0.6 is 0 Å². The van der Waals surface area contributed by atoms with Crippen molar-refractivity contribution in [2.45, 2.75) is 0 Å². The van der Waals surface area contributed by atoms with Gasteiger partial charge in [0.1, 0.15) is 0 Å². The molecule has 0 saturated heterocycles. The van der Waals surface area contributed by atoms with Gasteiger partial charge in [0.15, 0.2) is 5.75 Å². The molecule has 9 heteroatoms. The lowest BCUT2D eigenvalue weighted by molar-refractivity contribution is -0.386. The molecular formula is C9H11N5O4. The molecule has 1 aromatic rings. The molecule has 0 fully saturated rings. The number of guanidine groups is 1. The van der Waals surface area contributed by atoms with Gasteiger partial charge in [0.05, 0.1) is 18.2 Å². The molecule has 0 amide bonds. The van der Waals surface area contributed by atoms with E-state index in [2.05, 4.69) is 10.5 Å². The summed E-state index contributed by atoms with van der Waals surface area (Å²) >= 11 is 0. The number of hydrogen-bond donors (Lipinski definition) is 4. The third-order valence-corrected chi connectivity index (χ3v) is 1.89. The maximum Gasteiger partial charge on any atom is 0.315 e. The predicted molar refractivity (Wildman–Crippen MR) is 64.0 cm³/mol. The number of phenols is 1. The zero-order valence-electron chi connectivity index (χ0n) is 9.38. The van der Waals surface area contributed by atoms with E-state index in [-0.39, 0.29) is 11.7 Å². The summed E-state index contributed by atoms with van der Waals surface area (Å²) in [6, 6.07) is 2.47. The van der Waals surface area contributed by atoms with Crippen molar-refractivity contribution in [3.63, 3.8) is 0 Å². The molecule has 0 radical (unpaired) electrons. The second kappa shape index (κ2) is 5.48. The molecule has 0 spiro atoms. The van der Waals surface area contributed by atoms with Crippen molar-refractivity contribution in [1.82, 2.24) is 5.43 Å².